The zero-order valence-corrected chi connectivity index (χ0v) is 13.6. The third kappa shape index (κ3) is 2.79. The molecule has 2 aliphatic rings. The van der Waals surface area contributed by atoms with E-state index in [0.29, 0.717) is 0 Å². The summed E-state index contributed by atoms with van der Waals surface area (Å²) in [7, 11) is 0. The van der Waals surface area contributed by atoms with Crippen LogP contribution in [0.5, 0.6) is 0 Å². The van der Waals surface area contributed by atoms with Crippen LogP contribution in [0.25, 0.3) is 5.57 Å². The van der Waals surface area contributed by atoms with Gasteiger partial charge in [-0.15, -0.1) is 0 Å². The molecule has 1 aliphatic heterocycles. The molecule has 1 fully saturated rings. The van der Waals surface area contributed by atoms with Crippen molar-refractivity contribution in [2.45, 2.75) is 25.7 Å². The molecule has 2 aromatic rings. The number of hydrogen-bond donors (Lipinski definition) is 1. The van der Waals surface area contributed by atoms with Gasteiger partial charge in [0.05, 0.1) is 11.9 Å². The lowest BCUT2D eigenvalue weighted by Gasteiger charge is -2.21. The molecule has 1 aliphatic carbocycles. The van der Waals surface area contributed by atoms with E-state index in [-0.39, 0.29) is 5.82 Å². The Kier molecular flexibility index (Phi) is 3.92. The number of pyridine rings is 1. The van der Waals surface area contributed by atoms with Crippen LogP contribution in [0.2, 0.25) is 5.02 Å². The van der Waals surface area contributed by atoms with Crippen molar-refractivity contribution in [3.63, 3.8) is 0 Å². The van der Waals surface area contributed by atoms with Gasteiger partial charge in [-0.3, -0.25) is 4.98 Å². The maximum atomic E-state index is 13.7. The predicted molar refractivity (Wildman–Crippen MR) is 91.2 cm³/mol. The Balaban J connectivity index is 1.98. The molecule has 118 valence electrons. The van der Waals surface area contributed by atoms with Crippen LogP contribution in [0.3, 0.4) is 0 Å². The molecule has 0 radical (unpaired) electrons. The molecule has 0 spiro atoms. The lowest BCUT2D eigenvalue weighted by Crippen LogP contribution is -2.24. The Bertz CT molecular complexity index is 734. The highest BCUT2D eigenvalue weighted by atomic mass is 35.5. The number of piperidine rings is 1. The minimum atomic E-state index is -0.262. The highest BCUT2D eigenvalue weighted by molar-refractivity contribution is 6.30. The SMILES string of the molecule is Fc1cnc2c(c1)CCc1cc(Cl)ccc1C2=C1CCNCC1. The first-order chi connectivity index (χ1) is 11.2. The molecular weight excluding hydrogens is 311 g/mol. The Hall–Kier alpha value is -1.71. The summed E-state index contributed by atoms with van der Waals surface area (Å²) in [6, 6.07) is 7.72. The zero-order valence-electron chi connectivity index (χ0n) is 12.8. The van der Waals surface area contributed by atoms with Gasteiger partial charge in [0.15, 0.2) is 0 Å². The number of rotatable bonds is 0. The first-order valence-corrected chi connectivity index (χ1v) is 8.46. The molecule has 0 bridgehead atoms. The van der Waals surface area contributed by atoms with E-state index in [1.54, 1.807) is 6.07 Å². The summed E-state index contributed by atoms with van der Waals surface area (Å²) in [6.07, 6.45) is 5.01. The van der Waals surface area contributed by atoms with Crippen LogP contribution in [0.15, 0.2) is 36.0 Å². The van der Waals surface area contributed by atoms with Crippen LogP contribution in [-0.4, -0.2) is 18.1 Å². The second kappa shape index (κ2) is 6.06. The maximum absolute atomic E-state index is 13.7. The highest BCUT2D eigenvalue weighted by Gasteiger charge is 2.24. The van der Waals surface area contributed by atoms with Crippen LogP contribution in [0, 0.1) is 5.82 Å². The van der Waals surface area contributed by atoms with Gasteiger partial charge in [0.1, 0.15) is 5.82 Å². The van der Waals surface area contributed by atoms with Crippen LogP contribution in [0.1, 0.15) is 35.2 Å². The summed E-state index contributed by atoms with van der Waals surface area (Å²) in [6.45, 7) is 1.97. The average molecular weight is 329 g/mol. The van der Waals surface area contributed by atoms with Gasteiger partial charge in [-0.2, -0.15) is 0 Å². The molecule has 1 N–H and O–H groups in total. The number of hydrogen-bond acceptors (Lipinski definition) is 2. The third-order valence-electron chi connectivity index (χ3n) is 4.73. The molecule has 1 aromatic carbocycles. The Morgan fingerprint density at radius 3 is 2.61 bits per heavy atom. The van der Waals surface area contributed by atoms with Gasteiger partial charge < -0.3 is 5.32 Å². The number of nitrogens with zero attached hydrogens (tertiary/aromatic N) is 1. The number of nitrogens with one attached hydrogen (secondary N) is 1. The second-order valence-corrected chi connectivity index (χ2v) is 6.63. The van der Waals surface area contributed by atoms with Crippen LogP contribution >= 0.6 is 11.6 Å². The number of benzene rings is 1. The van der Waals surface area contributed by atoms with Crippen LogP contribution in [-0.2, 0) is 12.8 Å². The number of aryl methyl sites for hydroxylation is 2. The molecule has 4 heteroatoms. The van der Waals surface area contributed by atoms with Gasteiger partial charge in [-0.05, 0) is 73.7 Å². The second-order valence-electron chi connectivity index (χ2n) is 6.19. The van der Waals surface area contributed by atoms with Crippen molar-refractivity contribution < 1.29 is 4.39 Å². The Morgan fingerprint density at radius 1 is 1.00 bits per heavy atom. The summed E-state index contributed by atoms with van der Waals surface area (Å²) < 4.78 is 13.7. The fraction of sp³-hybridized carbons (Fsp3) is 0.316. The molecule has 23 heavy (non-hydrogen) atoms. The lowest BCUT2D eigenvalue weighted by atomic mass is 9.89. The molecule has 0 unspecified atom stereocenters. The minimum Gasteiger partial charge on any atom is -0.316 e. The predicted octanol–water partition coefficient (Wildman–Crippen LogP) is 4.16. The normalized spacial score (nSPS) is 17.5. The van der Waals surface area contributed by atoms with Gasteiger partial charge in [0.2, 0.25) is 0 Å². The maximum Gasteiger partial charge on any atom is 0.141 e. The summed E-state index contributed by atoms with van der Waals surface area (Å²) in [4.78, 5) is 4.47. The number of halogens is 2. The van der Waals surface area contributed by atoms with E-state index in [1.807, 2.05) is 12.1 Å². The average Bonchev–Trinajstić information content (AvgIpc) is 2.72. The largest absolute Gasteiger partial charge is 0.316 e. The van der Waals surface area contributed by atoms with Gasteiger partial charge in [-0.1, -0.05) is 23.2 Å². The smallest absolute Gasteiger partial charge is 0.141 e. The van der Waals surface area contributed by atoms with Crippen molar-refractivity contribution in [3.8, 4) is 0 Å². The van der Waals surface area contributed by atoms with Crippen molar-refractivity contribution in [2.75, 3.05) is 13.1 Å². The first kappa shape index (κ1) is 14.9. The third-order valence-corrected chi connectivity index (χ3v) is 4.97. The van der Waals surface area contributed by atoms with Crippen LogP contribution < -0.4 is 5.32 Å². The number of aromatic nitrogens is 1. The van der Waals surface area contributed by atoms with Crippen molar-refractivity contribution in [1.29, 1.82) is 0 Å². The van der Waals surface area contributed by atoms with E-state index in [2.05, 4.69) is 16.4 Å². The van der Waals surface area contributed by atoms with E-state index < -0.39 is 0 Å². The number of fused-ring (bicyclic) bond motifs is 2. The lowest BCUT2D eigenvalue weighted by molar-refractivity contribution is 0.610. The molecule has 2 heterocycles. The van der Waals surface area contributed by atoms with E-state index in [0.717, 1.165) is 55.1 Å². The summed E-state index contributed by atoms with van der Waals surface area (Å²) >= 11 is 6.20. The van der Waals surface area contributed by atoms with Crippen molar-refractivity contribution in [2.24, 2.45) is 0 Å². The Morgan fingerprint density at radius 2 is 1.78 bits per heavy atom. The molecule has 4 rings (SSSR count). The molecular formula is C19H18ClFN2. The topological polar surface area (TPSA) is 24.9 Å². The van der Waals surface area contributed by atoms with E-state index in [9.17, 15) is 4.39 Å². The fourth-order valence-electron chi connectivity index (χ4n) is 3.64. The van der Waals surface area contributed by atoms with Gasteiger partial charge >= 0.3 is 0 Å². The van der Waals surface area contributed by atoms with Gasteiger partial charge in [0, 0.05) is 10.6 Å². The van der Waals surface area contributed by atoms with Crippen molar-refractivity contribution in [3.05, 3.63) is 69.3 Å². The monoisotopic (exact) mass is 328 g/mol. The molecule has 0 saturated carbocycles. The quantitative estimate of drug-likeness (QED) is 0.785. The first-order valence-electron chi connectivity index (χ1n) is 8.09. The standard InChI is InChI=1S/C19H18ClFN2/c20-15-3-4-17-13(9-15)1-2-14-10-16(21)11-23-19(14)18(17)12-5-7-22-8-6-12/h3-4,9-11,22H,1-2,5-8H2. The molecule has 0 amide bonds. The van der Waals surface area contributed by atoms with E-state index >= 15 is 0 Å². The zero-order chi connectivity index (χ0) is 15.8. The molecule has 1 saturated heterocycles. The molecule has 0 atom stereocenters. The van der Waals surface area contributed by atoms with E-state index in [4.69, 9.17) is 11.6 Å². The van der Waals surface area contributed by atoms with Crippen LogP contribution in [0.4, 0.5) is 4.39 Å². The van der Waals surface area contributed by atoms with Crippen molar-refractivity contribution >= 4 is 17.2 Å². The molecule has 1 aromatic heterocycles. The Labute approximate surface area is 140 Å². The van der Waals surface area contributed by atoms with Gasteiger partial charge in [-0.25, -0.2) is 4.39 Å². The summed E-state index contributed by atoms with van der Waals surface area (Å²) in [5.74, 6) is -0.262. The highest BCUT2D eigenvalue weighted by Crippen LogP contribution is 2.37. The van der Waals surface area contributed by atoms with E-state index in [1.165, 1.54) is 28.5 Å². The van der Waals surface area contributed by atoms with Gasteiger partial charge in [0.25, 0.3) is 0 Å². The summed E-state index contributed by atoms with van der Waals surface area (Å²) in [5, 5.41) is 4.15. The fourth-order valence-corrected chi connectivity index (χ4v) is 3.84. The minimum absolute atomic E-state index is 0.262. The summed E-state index contributed by atoms with van der Waals surface area (Å²) in [5.41, 5.74) is 7.00. The molecule has 2 nitrogen and oxygen atoms in total. The van der Waals surface area contributed by atoms with Crippen molar-refractivity contribution in [1.82, 2.24) is 10.3 Å².